The Balaban J connectivity index is 1.79. The number of thioether (sulfide) groups is 1. The van der Waals surface area contributed by atoms with Crippen LogP contribution in [0, 0.1) is 10.7 Å². The summed E-state index contributed by atoms with van der Waals surface area (Å²) in [4.78, 5) is 12.3. The van der Waals surface area contributed by atoms with E-state index in [2.05, 4.69) is 5.32 Å². The molecule has 0 bridgehead atoms. The number of carbonyl (C=O) groups is 1. The number of hydrogen-bond acceptors (Lipinski definition) is 7. The minimum atomic E-state index is -1.23. The maximum atomic E-state index is 11.7. The average molecular weight is 387 g/mol. The number of anilines is 1. The summed E-state index contributed by atoms with van der Waals surface area (Å²) in [5.74, 6) is 0. The largest absolute Gasteiger partial charge is 0.445 e. The van der Waals surface area contributed by atoms with Gasteiger partial charge in [-0.3, -0.25) is 0 Å². The predicted molar refractivity (Wildman–Crippen MR) is 103 cm³/mol. The molecule has 0 aliphatic heterocycles. The van der Waals surface area contributed by atoms with E-state index in [1.165, 1.54) is 0 Å². The van der Waals surface area contributed by atoms with Gasteiger partial charge >= 0.3 is 6.09 Å². The molecule has 0 saturated carbocycles. The molecule has 5 N–H and O–H groups in total. The van der Waals surface area contributed by atoms with Crippen LogP contribution < -0.4 is 11.1 Å². The number of amides is 1. The number of ether oxygens (including phenoxy) is 1. The molecule has 0 aromatic heterocycles. The molecule has 0 spiro atoms. The molecule has 0 aliphatic carbocycles. The standard InChI is InChI=1S/C19H21N3O4S/c20-12-27-14-6-7-16(21)15(10-14)18(24)17(23)8-9-22-19(25)26-11-13-4-2-1-3-5-13/h1-7,10,17-18,23-24H,8-9,11,21H2,(H,22,25). The predicted octanol–water partition coefficient (Wildman–Crippen LogP) is 2.55. The fourth-order valence-electron chi connectivity index (χ4n) is 2.39. The molecule has 0 saturated heterocycles. The van der Waals surface area contributed by atoms with E-state index in [4.69, 9.17) is 15.7 Å². The van der Waals surface area contributed by atoms with Gasteiger partial charge in [-0.05, 0) is 41.9 Å². The highest BCUT2D eigenvalue weighted by molar-refractivity contribution is 8.03. The molecule has 2 unspecified atom stereocenters. The van der Waals surface area contributed by atoms with Crippen LogP contribution in [0.4, 0.5) is 10.5 Å². The number of nitriles is 1. The van der Waals surface area contributed by atoms with Crippen molar-refractivity contribution >= 4 is 23.5 Å². The topological polar surface area (TPSA) is 129 Å². The lowest BCUT2D eigenvalue weighted by molar-refractivity contribution is 0.0139. The molecular weight excluding hydrogens is 366 g/mol. The summed E-state index contributed by atoms with van der Waals surface area (Å²) in [6.07, 6.45) is -2.86. The van der Waals surface area contributed by atoms with Gasteiger partial charge in [0.25, 0.3) is 0 Å². The van der Waals surface area contributed by atoms with Gasteiger partial charge < -0.3 is 26.0 Å². The minimum absolute atomic E-state index is 0.108. The highest BCUT2D eigenvalue weighted by atomic mass is 32.2. The van der Waals surface area contributed by atoms with Crippen LogP contribution in [0.1, 0.15) is 23.7 Å². The SMILES string of the molecule is N#CSc1ccc(N)c(C(O)C(O)CCNC(=O)OCc2ccccc2)c1. The first-order valence-corrected chi connectivity index (χ1v) is 9.09. The first-order chi connectivity index (χ1) is 13.0. The van der Waals surface area contributed by atoms with E-state index < -0.39 is 18.3 Å². The van der Waals surface area contributed by atoms with E-state index in [9.17, 15) is 15.0 Å². The Morgan fingerprint density at radius 2 is 2.00 bits per heavy atom. The smallest absolute Gasteiger partial charge is 0.407 e. The van der Waals surface area contributed by atoms with Crippen LogP contribution >= 0.6 is 11.8 Å². The maximum Gasteiger partial charge on any atom is 0.407 e. The molecule has 8 heteroatoms. The number of alkyl carbamates (subject to hydrolysis) is 1. The third-order valence-corrected chi connectivity index (χ3v) is 4.41. The van der Waals surface area contributed by atoms with Gasteiger partial charge in [0.1, 0.15) is 18.1 Å². The second-order valence-electron chi connectivity index (χ2n) is 5.77. The molecule has 2 aromatic rings. The second-order valence-corrected chi connectivity index (χ2v) is 6.63. The van der Waals surface area contributed by atoms with Gasteiger partial charge in [-0.15, -0.1) is 0 Å². The van der Waals surface area contributed by atoms with E-state index in [0.29, 0.717) is 16.1 Å². The van der Waals surface area contributed by atoms with Crippen molar-refractivity contribution in [2.24, 2.45) is 0 Å². The first-order valence-electron chi connectivity index (χ1n) is 8.27. The Kier molecular flexibility index (Phi) is 7.95. The third kappa shape index (κ3) is 6.49. The van der Waals surface area contributed by atoms with Gasteiger partial charge in [0.2, 0.25) is 0 Å². The van der Waals surface area contributed by atoms with Gasteiger partial charge in [-0.2, -0.15) is 5.26 Å². The zero-order valence-electron chi connectivity index (χ0n) is 14.5. The zero-order valence-corrected chi connectivity index (χ0v) is 15.4. The molecule has 2 aromatic carbocycles. The van der Waals surface area contributed by atoms with Crippen LogP contribution in [0.25, 0.3) is 0 Å². The van der Waals surface area contributed by atoms with E-state index in [0.717, 1.165) is 17.3 Å². The number of aliphatic hydroxyl groups is 2. The Bertz CT molecular complexity index is 795. The van der Waals surface area contributed by atoms with Crippen molar-refractivity contribution in [1.29, 1.82) is 5.26 Å². The number of aliphatic hydroxyl groups excluding tert-OH is 2. The number of benzene rings is 2. The van der Waals surface area contributed by atoms with E-state index >= 15 is 0 Å². The van der Waals surface area contributed by atoms with Gasteiger partial charge in [-0.25, -0.2) is 4.79 Å². The molecule has 2 rings (SSSR count). The number of rotatable bonds is 8. The number of carbonyl (C=O) groups excluding carboxylic acids is 1. The van der Waals surface area contributed by atoms with Crippen molar-refractivity contribution in [1.82, 2.24) is 5.32 Å². The molecule has 0 heterocycles. The molecule has 27 heavy (non-hydrogen) atoms. The van der Waals surface area contributed by atoms with Gasteiger partial charge in [0.05, 0.1) is 6.10 Å². The maximum absolute atomic E-state index is 11.7. The van der Waals surface area contributed by atoms with Crippen molar-refractivity contribution in [2.45, 2.75) is 30.1 Å². The number of nitrogen functional groups attached to an aromatic ring is 1. The van der Waals surface area contributed by atoms with Gasteiger partial charge in [-0.1, -0.05) is 30.3 Å². The van der Waals surface area contributed by atoms with Gasteiger partial charge in [0.15, 0.2) is 0 Å². The van der Waals surface area contributed by atoms with Crippen molar-refractivity contribution in [3.05, 3.63) is 59.7 Å². The Morgan fingerprint density at radius 3 is 2.70 bits per heavy atom. The van der Waals surface area contributed by atoms with Crippen molar-refractivity contribution in [3.8, 4) is 5.40 Å². The molecule has 1 amide bonds. The number of thiocyanates is 1. The molecular formula is C19H21N3O4S. The Hall–Kier alpha value is -2.73. The highest BCUT2D eigenvalue weighted by Crippen LogP contribution is 2.29. The summed E-state index contributed by atoms with van der Waals surface area (Å²) < 4.78 is 5.07. The van der Waals surface area contributed by atoms with Crippen molar-refractivity contribution in [2.75, 3.05) is 12.3 Å². The molecule has 0 aliphatic rings. The van der Waals surface area contributed by atoms with Crippen molar-refractivity contribution < 1.29 is 19.7 Å². The fourth-order valence-corrected chi connectivity index (χ4v) is 2.81. The minimum Gasteiger partial charge on any atom is -0.445 e. The lowest BCUT2D eigenvalue weighted by atomic mass is 10.0. The quantitative estimate of drug-likeness (QED) is 0.311. The summed E-state index contributed by atoms with van der Waals surface area (Å²) in [7, 11) is 0. The molecule has 7 nitrogen and oxygen atoms in total. The normalized spacial score (nSPS) is 12.6. The number of nitrogens with zero attached hydrogens (tertiary/aromatic N) is 1. The van der Waals surface area contributed by atoms with Crippen molar-refractivity contribution in [3.63, 3.8) is 0 Å². The average Bonchev–Trinajstić information content (AvgIpc) is 2.68. The Morgan fingerprint density at radius 1 is 1.26 bits per heavy atom. The lowest BCUT2D eigenvalue weighted by Gasteiger charge is -2.20. The number of nitrogens with one attached hydrogen (secondary N) is 1. The van der Waals surface area contributed by atoms with Crippen LogP contribution in [0.2, 0.25) is 0 Å². The molecule has 0 fully saturated rings. The summed E-state index contributed by atoms with van der Waals surface area (Å²) in [5, 5.41) is 33.7. The zero-order chi connectivity index (χ0) is 19.6. The van der Waals surface area contributed by atoms with E-state index in [1.54, 1.807) is 18.2 Å². The fraction of sp³-hybridized carbons (Fsp3) is 0.263. The molecule has 0 radical (unpaired) electrons. The first kappa shape index (κ1) is 20.6. The number of hydrogen-bond donors (Lipinski definition) is 4. The monoisotopic (exact) mass is 387 g/mol. The molecule has 142 valence electrons. The van der Waals surface area contributed by atoms with Crippen LogP contribution in [-0.2, 0) is 11.3 Å². The molecule has 2 atom stereocenters. The van der Waals surface area contributed by atoms with Crippen LogP contribution in [-0.4, -0.2) is 29.0 Å². The summed E-state index contributed by atoms with van der Waals surface area (Å²) in [5.41, 5.74) is 7.37. The highest BCUT2D eigenvalue weighted by Gasteiger charge is 2.21. The summed E-state index contributed by atoms with van der Waals surface area (Å²) in [6, 6.07) is 14.1. The van der Waals surface area contributed by atoms with E-state index in [1.807, 2.05) is 35.7 Å². The van der Waals surface area contributed by atoms with Gasteiger partial charge in [0, 0.05) is 22.7 Å². The van der Waals surface area contributed by atoms with E-state index in [-0.39, 0.29) is 19.6 Å². The van der Waals surface area contributed by atoms with Crippen LogP contribution in [0.3, 0.4) is 0 Å². The van der Waals surface area contributed by atoms with Crippen LogP contribution in [0.5, 0.6) is 0 Å². The second kappa shape index (κ2) is 10.4. The Labute approximate surface area is 161 Å². The van der Waals surface area contributed by atoms with Crippen LogP contribution in [0.15, 0.2) is 53.4 Å². The summed E-state index contributed by atoms with van der Waals surface area (Å²) >= 11 is 0.936. The third-order valence-electron chi connectivity index (χ3n) is 3.83. The summed E-state index contributed by atoms with van der Waals surface area (Å²) in [6.45, 7) is 0.274. The lowest BCUT2D eigenvalue weighted by Crippen LogP contribution is -2.30. The number of nitrogens with two attached hydrogens (primary N) is 1.